The third-order valence-electron chi connectivity index (χ3n) is 1.17. The van der Waals surface area contributed by atoms with Crippen molar-refractivity contribution in [2.24, 2.45) is 0 Å². The average molecular weight is 206 g/mol. The summed E-state index contributed by atoms with van der Waals surface area (Å²) in [4.78, 5) is 3.72. The summed E-state index contributed by atoms with van der Waals surface area (Å²) in [6.45, 7) is 1.51. The number of aromatic nitrogens is 2. The lowest BCUT2D eigenvalue weighted by molar-refractivity contribution is 0.180. The molecule has 0 atom stereocenters. The van der Waals surface area contributed by atoms with Crippen molar-refractivity contribution in [3.05, 3.63) is 18.7 Å². The van der Waals surface area contributed by atoms with Gasteiger partial charge in [-0.25, -0.2) is 13.4 Å². The summed E-state index contributed by atoms with van der Waals surface area (Å²) in [5, 5.41) is 0. The van der Waals surface area contributed by atoms with Crippen LogP contribution in [0.15, 0.2) is 18.7 Å². The van der Waals surface area contributed by atoms with Gasteiger partial charge in [0.15, 0.2) is 0 Å². The number of nitrogens with zero attached hydrogens (tertiary/aromatic N) is 2. The minimum atomic E-state index is -3.86. The van der Waals surface area contributed by atoms with Crippen LogP contribution in [-0.4, -0.2) is 24.6 Å². The fourth-order valence-electron chi connectivity index (χ4n) is 0.667. The zero-order valence-corrected chi connectivity index (χ0v) is 7.90. The second-order valence-corrected chi connectivity index (χ2v) is 3.43. The first kappa shape index (κ1) is 10.2. The molecule has 0 fully saturated rings. The van der Waals surface area contributed by atoms with Crippen molar-refractivity contribution < 1.29 is 16.8 Å². The zero-order valence-electron chi connectivity index (χ0n) is 7.08. The average Bonchev–Trinajstić information content (AvgIpc) is 2.52. The fraction of sp³-hybridized carbons (Fsp3) is 0.500. The highest BCUT2D eigenvalue weighted by Gasteiger charge is 2.09. The molecule has 0 aliphatic rings. The highest BCUT2D eigenvalue weighted by atomic mass is 32.3. The molecule has 0 N–H and O–H groups in total. The van der Waals surface area contributed by atoms with Crippen molar-refractivity contribution in [2.45, 2.75) is 13.7 Å². The Bertz CT molecular complexity index is 332. The van der Waals surface area contributed by atoms with Crippen LogP contribution in [0.1, 0.15) is 6.92 Å². The Morgan fingerprint density at radius 2 is 2.23 bits per heavy atom. The molecule has 0 bridgehead atoms. The Labute approximate surface area is 76.4 Å². The SMILES string of the molecule is CCOS(=O)(=O)OCn1ccnc1. The van der Waals surface area contributed by atoms with Gasteiger partial charge in [-0.1, -0.05) is 0 Å². The maximum Gasteiger partial charge on any atom is 0.401 e. The van der Waals surface area contributed by atoms with E-state index >= 15 is 0 Å². The molecule has 0 radical (unpaired) electrons. The van der Waals surface area contributed by atoms with Gasteiger partial charge in [-0.05, 0) is 6.92 Å². The molecule has 0 saturated carbocycles. The second-order valence-electron chi connectivity index (χ2n) is 2.14. The summed E-state index contributed by atoms with van der Waals surface area (Å²) in [6.07, 6.45) is 4.56. The van der Waals surface area contributed by atoms with Gasteiger partial charge in [0, 0.05) is 12.4 Å². The lowest BCUT2D eigenvalue weighted by Gasteiger charge is -2.03. The monoisotopic (exact) mass is 206 g/mol. The first-order valence-corrected chi connectivity index (χ1v) is 4.97. The van der Waals surface area contributed by atoms with Crippen molar-refractivity contribution in [3.63, 3.8) is 0 Å². The summed E-state index contributed by atoms with van der Waals surface area (Å²) >= 11 is 0. The Morgan fingerprint density at radius 1 is 1.46 bits per heavy atom. The third-order valence-corrected chi connectivity index (χ3v) is 2.09. The van der Waals surface area contributed by atoms with E-state index in [1.165, 1.54) is 17.1 Å². The fourth-order valence-corrected chi connectivity index (χ4v) is 1.27. The van der Waals surface area contributed by atoms with Crippen LogP contribution in [0.2, 0.25) is 0 Å². The maximum atomic E-state index is 10.8. The minimum absolute atomic E-state index is 0.0618. The molecule has 0 saturated heterocycles. The molecule has 0 aliphatic carbocycles. The Kier molecular flexibility index (Phi) is 3.40. The summed E-state index contributed by atoms with van der Waals surface area (Å²) in [6, 6.07) is 0. The molecule has 7 heteroatoms. The van der Waals surface area contributed by atoms with E-state index in [4.69, 9.17) is 0 Å². The van der Waals surface area contributed by atoms with Crippen molar-refractivity contribution in [2.75, 3.05) is 6.61 Å². The van der Waals surface area contributed by atoms with E-state index < -0.39 is 10.4 Å². The van der Waals surface area contributed by atoms with Crippen LogP contribution in [-0.2, 0) is 25.5 Å². The molecule has 74 valence electrons. The van der Waals surface area contributed by atoms with Crippen LogP contribution in [0.25, 0.3) is 0 Å². The van der Waals surface area contributed by atoms with Gasteiger partial charge in [0.25, 0.3) is 0 Å². The van der Waals surface area contributed by atoms with Crippen LogP contribution >= 0.6 is 0 Å². The molecule has 13 heavy (non-hydrogen) atoms. The van der Waals surface area contributed by atoms with Gasteiger partial charge in [0.1, 0.15) is 6.73 Å². The van der Waals surface area contributed by atoms with Gasteiger partial charge in [-0.2, -0.15) is 8.42 Å². The molecule has 0 amide bonds. The highest BCUT2D eigenvalue weighted by molar-refractivity contribution is 7.81. The number of hydrogen-bond acceptors (Lipinski definition) is 5. The Hall–Kier alpha value is -0.920. The summed E-state index contributed by atoms with van der Waals surface area (Å²) in [7, 11) is -3.86. The largest absolute Gasteiger partial charge is 0.401 e. The van der Waals surface area contributed by atoms with Crippen molar-refractivity contribution in [1.29, 1.82) is 0 Å². The molecule has 0 spiro atoms. The second kappa shape index (κ2) is 4.35. The van der Waals surface area contributed by atoms with E-state index in [0.29, 0.717) is 0 Å². The molecule has 0 aromatic carbocycles. The van der Waals surface area contributed by atoms with Crippen LogP contribution in [0.5, 0.6) is 0 Å². The highest BCUT2D eigenvalue weighted by Crippen LogP contribution is 1.97. The quantitative estimate of drug-likeness (QED) is 0.685. The van der Waals surface area contributed by atoms with Crippen molar-refractivity contribution in [1.82, 2.24) is 9.55 Å². The van der Waals surface area contributed by atoms with E-state index in [1.54, 1.807) is 13.1 Å². The van der Waals surface area contributed by atoms with Gasteiger partial charge in [0.2, 0.25) is 0 Å². The molecule has 1 heterocycles. The Balaban J connectivity index is 2.43. The number of imidazole rings is 1. The van der Waals surface area contributed by atoms with E-state index in [-0.39, 0.29) is 13.3 Å². The summed E-state index contributed by atoms with van der Waals surface area (Å²) in [5.41, 5.74) is 0. The predicted octanol–water partition coefficient (Wildman–Crippen LogP) is 0.138. The van der Waals surface area contributed by atoms with Crippen LogP contribution in [0, 0.1) is 0 Å². The van der Waals surface area contributed by atoms with E-state index in [2.05, 4.69) is 13.4 Å². The molecule has 1 rings (SSSR count). The maximum absolute atomic E-state index is 10.8. The molecule has 1 aromatic rings. The standard InChI is InChI=1S/C6H10N2O4S/c1-2-11-13(9,10)12-6-8-4-3-7-5-8/h3-5H,2,6H2,1H3. The minimum Gasteiger partial charge on any atom is -0.312 e. The topological polar surface area (TPSA) is 70.4 Å². The lowest BCUT2D eigenvalue weighted by atomic mass is 10.9. The van der Waals surface area contributed by atoms with E-state index in [9.17, 15) is 8.42 Å². The van der Waals surface area contributed by atoms with E-state index in [1.807, 2.05) is 0 Å². The summed E-state index contributed by atoms with van der Waals surface area (Å²) < 4.78 is 32.0. The van der Waals surface area contributed by atoms with Crippen molar-refractivity contribution in [3.8, 4) is 0 Å². The van der Waals surface area contributed by atoms with Gasteiger partial charge < -0.3 is 4.57 Å². The molecule has 6 nitrogen and oxygen atoms in total. The Morgan fingerprint density at radius 3 is 2.77 bits per heavy atom. The van der Waals surface area contributed by atoms with Gasteiger partial charge in [-0.3, -0.25) is 0 Å². The van der Waals surface area contributed by atoms with Crippen LogP contribution in [0.3, 0.4) is 0 Å². The molecule has 0 unspecified atom stereocenters. The van der Waals surface area contributed by atoms with Gasteiger partial charge in [-0.15, -0.1) is 0 Å². The van der Waals surface area contributed by atoms with Crippen LogP contribution < -0.4 is 0 Å². The normalized spacial score (nSPS) is 11.8. The number of hydrogen-bond donors (Lipinski definition) is 0. The molecular formula is C6H10N2O4S. The van der Waals surface area contributed by atoms with E-state index in [0.717, 1.165) is 0 Å². The van der Waals surface area contributed by atoms with Crippen molar-refractivity contribution >= 4 is 10.4 Å². The lowest BCUT2D eigenvalue weighted by Crippen LogP contribution is -2.12. The number of rotatable bonds is 5. The molecule has 1 aromatic heterocycles. The summed E-state index contributed by atoms with van der Waals surface area (Å²) in [5.74, 6) is 0. The third kappa shape index (κ3) is 3.53. The van der Waals surface area contributed by atoms with Crippen LogP contribution in [0.4, 0.5) is 0 Å². The van der Waals surface area contributed by atoms with Gasteiger partial charge >= 0.3 is 10.4 Å². The molecular weight excluding hydrogens is 196 g/mol. The first-order chi connectivity index (χ1) is 6.14. The molecule has 0 aliphatic heterocycles. The predicted molar refractivity (Wildman–Crippen MR) is 43.9 cm³/mol. The first-order valence-electron chi connectivity index (χ1n) is 3.63. The smallest absolute Gasteiger partial charge is 0.312 e. The van der Waals surface area contributed by atoms with Gasteiger partial charge in [0.05, 0.1) is 12.9 Å². The zero-order chi connectivity index (χ0) is 9.73.